The molecule has 94 valence electrons. The Kier molecular flexibility index (Phi) is 15.5. The molecule has 0 aromatic carbocycles. The van der Waals surface area contributed by atoms with E-state index in [1.807, 2.05) is 0 Å². The average molecular weight is 260 g/mol. The summed E-state index contributed by atoms with van der Waals surface area (Å²) in [6, 6.07) is 2.31. The van der Waals surface area contributed by atoms with Crippen molar-refractivity contribution in [1.82, 2.24) is 10.6 Å². The number of rotatable bonds is 13. The Morgan fingerprint density at radius 2 is 1.62 bits per heavy atom. The molecule has 0 aromatic heterocycles. The monoisotopic (exact) mass is 260 g/mol. The van der Waals surface area contributed by atoms with Gasteiger partial charge in [0.1, 0.15) is 0 Å². The van der Waals surface area contributed by atoms with Crippen LogP contribution in [0, 0.1) is 0 Å². The van der Waals surface area contributed by atoms with Gasteiger partial charge in [0.15, 0.2) is 0 Å². The molecule has 0 aliphatic rings. The summed E-state index contributed by atoms with van der Waals surface area (Å²) in [5.41, 5.74) is 0. The Labute approximate surface area is 104 Å². The van der Waals surface area contributed by atoms with E-state index in [1.54, 1.807) is 7.11 Å². The summed E-state index contributed by atoms with van der Waals surface area (Å²) in [6.07, 6.45) is 2.72. The van der Waals surface area contributed by atoms with Gasteiger partial charge in [-0.3, -0.25) is 0 Å². The van der Waals surface area contributed by atoms with E-state index < -0.39 is 0 Å². The lowest BCUT2D eigenvalue weighted by molar-refractivity contribution is 0.365. The molecule has 0 fully saturated rings. The van der Waals surface area contributed by atoms with Crippen LogP contribution in [0.5, 0.6) is 0 Å². The van der Waals surface area contributed by atoms with Crippen LogP contribution in [0.1, 0.15) is 12.8 Å². The van der Waals surface area contributed by atoms with Crippen molar-refractivity contribution in [2.75, 3.05) is 39.5 Å². The third-order valence-electron chi connectivity index (χ3n) is 2.07. The fourth-order valence-corrected chi connectivity index (χ4v) is 2.34. The molecule has 4 radical (unpaired) electrons. The zero-order valence-electron chi connectivity index (χ0n) is 10.2. The molecule has 0 aliphatic carbocycles. The Balaban J connectivity index is 2.83. The van der Waals surface area contributed by atoms with Gasteiger partial charge in [0.05, 0.1) is 9.52 Å². The summed E-state index contributed by atoms with van der Waals surface area (Å²) in [7, 11) is 3.12. The van der Waals surface area contributed by atoms with Crippen LogP contribution in [0.15, 0.2) is 0 Å². The highest BCUT2D eigenvalue weighted by Crippen LogP contribution is 1.86. The standard InChI is InChI=1S/C10H24N2O2Si2/c1-14-16-9-3-5-12-7-6-11-4-2-8-15-10-13/h11-13H,2-10H2,1H3. The second-order valence-corrected chi connectivity index (χ2v) is 5.98. The predicted octanol–water partition coefficient (Wildman–Crippen LogP) is -0.298. The molecule has 0 atom stereocenters. The summed E-state index contributed by atoms with van der Waals surface area (Å²) in [4.78, 5) is 0. The van der Waals surface area contributed by atoms with E-state index in [0.717, 1.165) is 32.2 Å². The molecule has 0 saturated carbocycles. The van der Waals surface area contributed by atoms with Crippen LogP contribution in [0.2, 0.25) is 12.1 Å². The van der Waals surface area contributed by atoms with Crippen molar-refractivity contribution in [3.05, 3.63) is 0 Å². The lowest BCUT2D eigenvalue weighted by Gasteiger charge is -2.05. The third-order valence-corrected chi connectivity index (χ3v) is 3.85. The maximum atomic E-state index is 8.60. The lowest BCUT2D eigenvalue weighted by atomic mass is 10.4. The Morgan fingerprint density at radius 3 is 2.19 bits per heavy atom. The van der Waals surface area contributed by atoms with Crippen LogP contribution in [0.3, 0.4) is 0 Å². The number of nitrogens with one attached hydrogen (secondary N) is 2. The normalized spacial score (nSPS) is 10.9. The van der Waals surface area contributed by atoms with Crippen LogP contribution in [-0.2, 0) is 4.43 Å². The Morgan fingerprint density at radius 1 is 1.00 bits per heavy atom. The van der Waals surface area contributed by atoms with Crippen molar-refractivity contribution in [2.24, 2.45) is 0 Å². The molecule has 0 saturated heterocycles. The zero-order chi connectivity index (χ0) is 11.9. The summed E-state index contributed by atoms with van der Waals surface area (Å²) in [5.74, 6) is 0. The van der Waals surface area contributed by atoms with E-state index in [1.165, 1.54) is 18.9 Å². The molecule has 3 N–H and O–H groups in total. The van der Waals surface area contributed by atoms with E-state index in [4.69, 9.17) is 9.53 Å². The molecule has 0 unspecified atom stereocenters. The van der Waals surface area contributed by atoms with Crippen LogP contribution in [0.25, 0.3) is 0 Å². The molecule has 0 amide bonds. The Hall–Kier alpha value is 0.274. The van der Waals surface area contributed by atoms with Crippen LogP contribution >= 0.6 is 0 Å². The van der Waals surface area contributed by atoms with Gasteiger partial charge in [-0.2, -0.15) is 0 Å². The van der Waals surface area contributed by atoms with E-state index in [9.17, 15) is 0 Å². The smallest absolute Gasteiger partial charge is 0.229 e. The molecule has 0 spiro atoms. The molecule has 0 heterocycles. The van der Waals surface area contributed by atoms with Gasteiger partial charge in [0.25, 0.3) is 0 Å². The quantitative estimate of drug-likeness (QED) is 0.314. The lowest BCUT2D eigenvalue weighted by Crippen LogP contribution is -2.28. The minimum atomic E-state index is 0.351. The number of aliphatic hydroxyl groups is 1. The van der Waals surface area contributed by atoms with Crippen molar-refractivity contribution in [2.45, 2.75) is 24.9 Å². The van der Waals surface area contributed by atoms with Gasteiger partial charge in [-0.1, -0.05) is 6.04 Å². The number of hydrogen-bond donors (Lipinski definition) is 3. The molecule has 16 heavy (non-hydrogen) atoms. The van der Waals surface area contributed by atoms with Crippen molar-refractivity contribution < 1.29 is 9.53 Å². The van der Waals surface area contributed by atoms with Gasteiger partial charge in [-0.05, 0) is 32.0 Å². The molecule has 0 bridgehead atoms. The number of aliphatic hydroxyl groups excluding tert-OH is 1. The minimum Gasteiger partial charge on any atom is -0.421 e. The maximum absolute atomic E-state index is 8.60. The first-order valence-corrected chi connectivity index (χ1v) is 8.43. The summed E-state index contributed by atoms with van der Waals surface area (Å²) < 4.78 is 5.00. The summed E-state index contributed by atoms with van der Waals surface area (Å²) in [5, 5.41) is 15.4. The first-order chi connectivity index (χ1) is 7.91. The van der Waals surface area contributed by atoms with E-state index >= 15 is 0 Å². The topological polar surface area (TPSA) is 53.5 Å². The van der Waals surface area contributed by atoms with Crippen molar-refractivity contribution in [1.29, 1.82) is 0 Å². The van der Waals surface area contributed by atoms with E-state index in [0.29, 0.717) is 25.5 Å². The van der Waals surface area contributed by atoms with Crippen LogP contribution in [-0.4, -0.2) is 63.9 Å². The predicted molar refractivity (Wildman–Crippen MR) is 70.2 cm³/mol. The maximum Gasteiger partial charge on any atom is 0.229 e. The Bertz CT molecular complexity index is 117. The zero-order valence-corrected chi connectivity index (χ0v) is 12.2. The van der Waals surface area contributed by atoms with Gasteiger partial charge in [-0.15, -0.1) is 0 Å². The third kappa shape index (κ3) is 14.3. The highest BCUT2D eigenvalue weighted by molar-refractivity contribution is 6.34. The molecule has 0 aromatic rings. The number of hydrogen-bond acceptors (Lipinski definition) is 4. The first-order valence-electron chi connectivity index (χ1n) is 5.90. The summed E-state index contributed by atoms with van der Waals surface area (Å²) in [6.45, 7) is 4.23. The van der Waals surface area contributed by atoms with E-state index in [2.05, 4.69) is 10.6 Å². The fourth-order valence-electron chi connectivity index (χ4n) is 1.23. The molecule has 4 nitrogen and oxygen atoms in total. The van der Waals surface area contributed by atoms with Crippen molar-refractivity contribution >= 4 is 19.3 Å². The van der Waals surface area contributed by atoms with Gasteiger partial charge in [0.2, 0.25) is 9.76 Å². The van der Waals surface area contributed by atoms with Crippen LogP contribution in [0.4, 0.5) is 0 Å². The molecule has 0 aliphatic heterocycles. The second kappa shape index (κ2) is 15.3. The van der Waals surface area contributed by atoms with Crippen molar-refractivity contribution in [3.8, 4) is 0 Å². The molecule has 0 rings (SSSR count). The molecular formula is C10H24N2O2Si2. The van der Waals surface area contributed by atoms with Gasteiger partial charge >= 0.3 is 0 Å². The average Bonchev–Trinajstić information content (AvgIpc) is 2.31. The highest BCUT2D eigenvalue weighted by Gasteiger charge is 1.91. The molecule has 6 heteroatoms. The highest BCUT2D eigenvalue weighted by atomic mass is 28.2. The summed E-state index contributed by atoms with van der Waals surface area (Å²) >= 11 is 0. The minimum absolute atomic E-state index is 0.351. The SMILES string of the molecule is CO[Si]CCCNCCNCCC[Si]CO. The van der Waals surface area contributed by atoms with E-state index in [-0.39, 0.29) is 0 Å². The fraction of sp³-hybridized carbons (Fsp3) is 1.00. The second-order valence-electron chi connectivity index (χ2n) is 3.46. The van der Waals surface area contributed by atoms with Crippen LogP contribution < -0.4 is 10.6 Å². The largest absolute Gasteiger partial charge is 0.421 e. The van der Waals surface area contributed by atoms with Gasteiger partial charge in [-0.25, -0.2) is 0 Å². The van der Waals surface area contributed by atoms with Crippen molar-refractivity contribution in [3.63, 3.8) is 0 Å². The van der Waals surface area contributed by atoms with Gasteiger partial charge in [0, 0.05) is 26.4 Å². The van der Waals surface area contributed by atoms with Gasteiger partial charge < -0.3 is 20.2 Å². The first kappa shape index (κ1) is 16.3. The molecular weight excluding hydrogens is 236 g/mol.